The van der Waals surface area contributed by atoms with Gasteiger partial charge in [-0.3, -0.25) is 4.90 Å². The third-order valence-corrected chi connectivity index (χ3v) is 4.80. The van der Waals surface area contributed by atoms with Crippen molar-refractivity contribution < 1.29 is 4.74 Å². The summed E-state index contributed by atoms with van der Waals surface area (Å²) in [7, 11) is 0. The van der Waals surface area contributed by atoms with Crippen molar-refractivity contribution >= 4 is 24.8 Å². The van der Waals surface area contributed by atoms with Crippen LogP contribution < -0.4 is 10.1 Å². The average Bonchev–Trinajstić information content (AvgIpc) is 2.66. The molecule has 0 amide bonds. The molecule has 3 rings (SSSR count). The van der Waals surface area contributed by atoms with Gasteiger partial charge in [-0.15, -0.1) is 24.8 Å². The summed E-state index contributed by atoms with van der Waals surface area (Å²) in [5.41, 5.74) is 2.54. The zero-order valence-electron chi connectivity index (χ0n) is 16.3. The second kappa shape index (κ2) is 12.2. The zero-order valence-corrected chi connectivity index (χ0v) is 17.9. The van der Waals surface area contributed by atoms with Crippen LogP contribution in [0.5, 0.6) is 5.75 Å². The van der Waals surface area contributed by atoms with Gasteiger partial charge in [0, 0.05) is 37.8 Å². The van der Waals surface area contributed by atoms with Crippen LogP contribution in [0.15, 0.2) is 54.6 Å². The number of benzene rings is 2. The van der Waals surface area contributed by atoms with Gasteiger partial charge in [-0.2, -0.15) is 0 Å². The summed E-state index contributed by atoms with van der Waals surface area (Å²) < 4.78 is 6.23. The molecule has 5 heteroatoms. The first-order chi connectivity index (χ1) is 12.2. The Morgan fingerprint density at radius 1 is 0.926 bits per heavy atom. The third-order valence-electron chi connectivity index (χ3n) is 4.80. The number of ether oxygens (including phenoxy) is 1. The van der Waals surface area contributed by atoms with Crippen molar-refractivity contribution in [1.82, 2.24) is 10.2 Å². The first-order valence-corrected chi connectivity index (χ1v) is 9.44. The number of hydrogen-bond acceptors (Lipinski definition) is 3. The van der Waals surface area contributed by atoms with Crippen LogP contribution in [0, 0.1) is 5.92 Å². The van der Waals surface area contributed by atoms with Gasteiger partial charge in [0.1, 0.15) is 12.4 Å². The molecule has 0 radical (unpaired) electrons. The molecule has 0 aromatic heterocycles. The number of halogens is 2. The summed E-state index contributed by atoms with van der Waals surface area (Å²) in [6, 6.07) is 19.4. The van der Waals surface area contributed by atoms with Gasteiger partial charge in [-0.1, -0.05) is 62.4 Å². The van der Waals surface area contributed by atoms with Gasteiger partial charge >= 0.3 is 0 Å². The van der Waals surface area contributed by atoms with Gasteiger partial charge in [0.2, 0.25) is 0 Å². The molecule has 0 spiro atoms. The van der Waals surface area contributed by atoms with Crippen LogP contribution in [-0.4, -0.2) is 31.1 Å². The molecule has 2 aromatic rings. The summed E-state index contributed by atoms with van der Waals surface area (Å²) in [6.07, 6.45) is 1.16. The van der Waals surface area contributed by atoms with E-state index in [0.29, 0.717) is 18.6 Å². The molecule has 3 nitrogen and oxygen atoms in total. The van der Waals surface area contributed by atoms with Crippen molar-refractivity contribution in [2.24, 2.45) is 5.92 Å². The number of hydrogen-bond donors (Lipinski definition) is 1. The number of rotatable bonds is 7. The molecule has 1 heterocycles. The summed E-state index contributed by atoms with van der Waals surface area (Å²) in [5, 5.41) is 3.46. The molecule has 0 bridgehead atoms. The number of nitrogens with zero attached hydrogens (tertiary/aromatic N) is 1. The van der Waals surface area contributed by atoms with E-state index < -0.39 is 0 Å². The fourth-order valence-corrected chi connectivity index (χ4v) is 3.54. The van der Waals surface area contributed by atoms with Gasteiger partial charge < -0.3 is 10.1 Å². The largest absolute Gasteiger partial charge is 0.489 e. The van der Waals surface area contributed by atoms with E-state index in [2.05, 4.69) is 72.6 Å². The topological polar surface area (TPSA) is 24.5 Å². The predicted octanol–water partition coefficient (Wildman–Crippen LogP) is 5.10. The van der Waals surface area contributed by atoms with Crippen LogP contribution in [0.2, 0.25) is 0 Å². The van der Waals surface area contributed by atoms with Crippen LogP contribution in [-0.2, 0) is 6.61 Å². The molecule has 0 unspecified atom stereocenters. The third kappa shape index (κ3) is 7.00. The summed E-state index contributed by atoms with van der Waals surface area (Å²) in [6.45, 7) is 9.58. The highest BCUT2D eigenvalue weighted by Crippen LogP contribution is 2.34. The number of para-hydroxylation sites is 1. The van der Waals surface area contributed by atoms with Crippen molar-refractivity contribution in [1.29, 1.82) is 0 Å². The number of piperazine rings is 1. The van der Waals surface area contributed by atoms with Crippen LogP contribution in [0.1, 0.15) is 37.4 Å². The van der Waals surface area contributed by atoms with Crippen molar-refractivity contribution in [2.45, 2.75) is 32.9 Å². The Bertz CT molecular complexity index is 646. The maximum absolute atomic E-state index is 6.23. The van der Waals surface area contributed by atoms with Crippen molar-refractivity contribution in [3.8, 4) is 5.75 Å². The lowest BCUT2D eigenvalue weighted by atomic mass is 9.94. The van der Waals surface area contributed by atoms with Crippen molar-refractivity contribution in [3.05, 3.63) is 65.7 Å². The van der Waals surface area contributed by atoms with Gasteiger partial charge in [-0.05, 0) is 24.0 Å². The molecule has 1 N–H and O–H groups in total. The fourth-order valence-electron chi connectivity index (χ4n) is 3.54. The Balaban J connectivity index is 0.00000182. The SMILES string of the molecule is CC(C)C[C@H](c1ccccc1OCc1ccccc1)N1CCNCC1.Cl.Cl. The van der Waals surface area contributed by atoms with Gasteiger partial charge in [0.15, 0.2) is 0 Å². The van der Waals surface area contributed by atoms with E-state index >= 15 is 0 Å². The normalized spacial score (nSPS) is 15.5. The molecule has 27 heavy (non-hydrogen) atoms. The Hall–Kier alpha value is -1.26. The van der Waals surface area contributed by atoms with E-state index in [1.807, 2.05) is 6.07 Å². The van der Waals surface area contributed by atoms with Gasteiger partial charge in [0.05, 0.1) is 0 Å². The predicted molar refractivity (Wildman–Crippen MR) is 118 cm³/mol. The Labute approximate surface area is 176 Å². The van der Waals surface area contributed by atoms with Gasteiger partial charge in [-0.25, -0.2) is 0 Å². The molecule has 0 saturated carbocycles. The van der Waals surface area contributed by atoms with Crippen molar-refractivity contribution in [2.75, 3.05) is 26.2 Å². The molecule has 1 aliphatic heterocycles. The summed E-state index contributed by atoms with van der Waals surface area (Å²) in [5.74, 6) is 1.68. The van der Waals surface area contributed by atoms with Crippen LogP contribution in [0.4, 0.5) is 0 Å². The lowest BCUT2D eigenvalue weighted by molar-refractivity contribution is 0.150. The summed E-state index contributed by atoms with van der Waals surface area (Å²) >= 11 is 0. The maximum Gasteiger partial charge on any atom is 0.124 e. The molecule has 2 aromatic carbocycles. The molecule has 150 valence electrons. The Morgan fingerprint density at radius 2 is 1.56 bits per heavy atom. The van der Waals surface area contributed by atoms with E-state index in [1.54, 1.807) is 0 Å². The lowest BCUT2D eigenvalue weighted by Gasteiger charge is -2.36. The molecule has 1 aliphatic rings. The van der Waals surface area contributed by atoms with E-state index in [-0.39, 0.29) is 24.8 Å². The first kappa shape index (κ1) is 23.8. The molecule has 0 aliphatic carbocycles. The molecule has 1 saturated heterocycles. The highest BCUT2D eigenvalue weighted by atomic mass is 35.5. The Kier molecular flexibility index (Phi) is 10.8. The second-order valence-corrected chi connectivity index (χ2v) is 7.24. The summed E-state index contributed by atoms with van der Waals surface area (Å²) in [4.78, 5) is 2.61. The van der Waals surface area contributed by atoms with E-state index in [1.165, 1.54) is 11.1 Å². The van der Waals surface area contributed by atoms with Crippen LogP contribution in [0.3, 0.4) is 0 Å². The molecular weight excluding hydrogens is 379 g/mol. The minimum absolute atomic E-state index is 0. The standard InChI is InChI=1S/C22H30N2O.2ClH/c1-18(2)16-21(24-14-12-23-13-15-24)20-10-6-7-11-22(20)25-17-19-8-4-3-5-9-19;;/h3-11,18,21,23H,12-17H2,1-2H3;2*1H/t21-;;/m1../s1. The van der Waals surface area contributed by atoms with Crippen LogP contribution in [0.25, 0.3) is 0 Å². The Morgan fingerprint density at radius 3 is 2.22 bits per heavy atom. The number of nitrogens with one attached hydrogen (secondary N) is 1. The van der Waals surface area contributed by atoms with E-state index in [4.69, 9.17) is 4.74 Å². The molecule has 1 fully saturated rings. The zero-order chi connectivity index (χ0) is 17.5. The second-order valence-electron chi connectivity index (χ2n) is 7.24. The highest BCUT2D eigenvalue weighted by Gasteiger charge is 2.25. The van der Waals surface area contributed by atoms with Crippen LogP contribution >= 0.6 is 24.8 Å². The maximum atomic E-state index is 6.23. The van der Waals surface area contributed by atoms with Gasteiger partial charge in [0.25, 0.3) is 0 Å². The molecular formula is C22H32Cl2N2O. The minimum atomic E-state index is 0. The smallest absolute Gasteiger partial charge is 0.124 e. The highest BCUT2D eigenvalue weighted by molar-refractivity contribution is 5.85. The average molecular weight is 411 g/mol. The quantitative estimate of drug-likeness (QED) is 0.686. The lowest BCUT2D eigenvalue weighted by Crippen LogP contribution is -2.45. The van der Waals surface area contributed by atoms with E-state index in [9.17, 15) is 0 Å². The fraction of sp³-hybridized carbons (Fsp3) is 0.455. The van der Waals surface area contributed by atoms with Crippen molar-refractivity contribution in [3.63, 3.8) is 0 Å². The minimum Gasteiger partial charge on any atom is -0.489 e. The molecule has 1 atom stereocenters. The van der Waals surface area contributed by atoms with E-state index in [0.717, 1.165) is 38.3 Å². The first-order valence-electron chi connectivity index (χ1n) is 9.44. The monoisotopic (exact) mass is 410 g/mol.